The average molecular weight is 529 g/mol. The molecular formula is C23H33N2O8PS. The summed E-state index contributed by atoms with van der Waals surface area (Å²) in [5.41, 5.74) is 0. The van der Waals surface area contributed by atoms with Crippen molar-refractivity contribution in [2.24, 2.45) is 0 Å². The molecule has 1 aromatic heterocycles. The van der Waals surface area contributed by atoms with E-state index in [4.69, 9.17) is 9.79 Å². The SMILES string of the molecule is CCCCC(=O)N[C@@H](CSc1c2ccccc2cn1C(CCCCCP(=O)(O)O)C(=O)O)C(=O)O. The maximum Gasteiger partial charge on any atom is 0.327 e. The van der Waals surface area contributed by atoms with Crippen LogP contribution in [-0.4, -0.2) is 60.4 Å². The van der Waals surface area contributed by atoms with Gasteiger partial charge in [0.15, 0.2) is 0 Å². The van der Waals surface area contributed by atoms with Gasteiger partial charge in [-0.05, 0) is 19.3 Å². The first kappa shape index (κ1) is 28.9. The third kappa shape index (κ3) is 9.33. The molecule has 0 spiro atoms. The Morgan fingerprint density at radius 3 is 2.40 bits per heavy atom. The number of fused-ring (bicyclic) bond motifs is 1. The van der Waals surface area contributed by atoms with Crippen LogP contribution in [0.4, 0.5) is 0 Å². The number of carboxylic acids is 2. The van der Waals surface area contributed by atoms with E-state index in [1.807, 2.05) is 31.2 Å². The summed E-state index contributed by atoms with van der Waals surface area (Å²) in [6, 6.07) is 5.27. The fraction of sp³-hybridized carbons (Fsp3) is 0.522. The molecule has 0 bridgehead atoms. The molecule has 0 saturated heterocycles. The van der Waals surface area contributed by atoms with E-state index in [0.29, 0.717) is 30.7 Å². The minimum absolute atomic E-state index is 0.0236. The van der Waals surface area contributed by atoms with E-state index in [1.54, 1.807) is 10.8 Å². The minimum Gasteiger partial charge on any atom is -0.480 e. The number of nitrogens with one attached hydrogen (secondary N) is 1. The summed E-state index contributed by atoms with van der Waals surface area (Å²) in [5, 5.41) is 24.2. The van der Waals surface area contributed by atoms with Gasteiger partial charge in [0.25, 0.3) is 0 Å². The molecule has 0 aliphatic heterocycles. The van der Waals surface area contributed by atoms with Crippen molar-refractivity contribution in [3.05, 3.63) is 30.5 Å². The van der Waals surface area contributed by atoms with Gasteiger partial charge in [-0.1, -0.05) is 50.5 Å². The molecule has 0 fully saturated rings. The summed E-state index contributed by atoms with van der Waals surface area (Å²) in [5.74, 6) is -2.52. The molecule has 2 aromatic rings. The lowest BCUT2D eigenvalue weighted by Crippen LogP contribution is -2.42. The molecule has 1 unspecified atom stereocenters. The van der Waals surface area contributed by atoms with E-state index in [2.05, 4.69) is 5.32 Å². The predicted molar refractivity (Wildman–Crippen MR) is 134 cm³/mol. The number of amides is 1. The summed E-state index contributed by atoms with van der Waals surface area (Å²) < 4.78 is 12.6. The van der Waals surface area contributed by atoms with Crippen molar-refractivity contribution < 1.29 is 38.9 Å². The normalized spacial score (nSPS) is 13.5. The number of nitrogens with zero attached hydrogens (tertiary/aromatic N) is 1. The topological polar surface area (TPSA) is 166 Å². The second-order valence-corrected chi connectivity index (χ2v) is 11.2. The van der Waals surface area contributed by atoms with Crippen LogP contribution < -0.4 is 5.32 Å². The molecule has 194 valence electrons. The lowest BCUT2D eigenvalue weighted by atomic mass is 10.1. The van der Waals surface area contributed by atoms with E-state index in [-0.39, 0.29) is 30.7 Å². The number of carbonyl (C=O) groups is 3. The zero-order valence-corrected chi connectivity index (χ0v) is 21.3. The molecule has 0 radical (unpaired) electrons. The minimum atomic E-state index is -4.08. The van der Waals surface area contributed by atoms with Crippen LogP contribution in [0.15, 0.2) is 35.5 Å². The molecule has 35 heavy (non-hydrogen) atoms. The smallest absolute Gasteiger partial charge is 0.327 e. The van der Waals surface area contributed by atoms with Gasteiger partial charge in [0, 0.05) is 35.3 Å². The summed E-state index contributed by atoms with van der Waals surface area (Å²) >= 11 is 1.18. The second-order valence-electron chi connectivity index (χ2n) is 8.39. The Labute approximate surface area is 208 Å². The Morgan fingerprint density at radius 2 is 1.77 bits per heavy atom. The standard InChI is InChI=1S/C23H33N2O8PS/c1-2-3-12-20(26)24-18(22(27)28)15-35-21-17-10-7-6-9-16(17)14-25(21)19(23(29)30)11-5-4-8-13-34(31,32)33/h6-7,9-10,14,18-19H,2-5,8,11-13,15H2,1H3,(H,24,26)(H,27,28)(H,29,30)(H2,31,32,33)/t18-,19?/m0/s1. The van der Waals surface area contributed by atoms with Crippen LogP contribution in [-0.2, 0) is 18.9 Å². The molecule has 2 rings (SSSR count). The lowest BCUT2D eigenvalue weighted by molar-refractivity contribution is -0.142. The van der Waals surface area contributed by atoms with E-state index in [1.165, 1.54) is 11.8 Å². The first-order valence-electron chi connectivity index (χ1n) is 11.6. The number of thioether (sulfide) groups is 1. The van der Waals surface area contributed by atoms with Gasteiger partial charge < -0.3 is 29.9 Å². The molecule has 0 saturated carbocycles. The van der Waals surface area contributed by atoms with Crippen molar-refractivity contribution in [2.45, 2.75) is 69.0 Å². The Hall–Kier alpha value is -2.33. The number of benzene rings is 1. The molecule has 1 aromatic carbocycles. The number of rotatable bonds is 16. The first-order chi connectivity index (χ1) is 16.5. The van der Waals surface area contributed by atoms with Crippen LogP contribution in [0.5, 0.6) is 0 Å². The van der Waals surface area contributed by atoms with E-state index >= 15 is 0 Å². The maximum atomic E-state index is 12.1. The molecule has 0 aliphatic rings. The highest BCUT2D eigenvalue weighted by Gasteiger charge is 2.26. The molecule has 10 nitrogen and oxygen atoms in total. The highest BCUT2D eigenvalue weighted by atomic mass is 32.2. The summed E-state index contributed by atoms with van der Waals surface area (Å²) in [7, 11) is -4.08. The molecule has 0 aliphatic carbocycles. The number of hydrogen-bond donors (Lipinski definition) is 5. The summed E-state index contributed by atoms with van der Waals surface area (Å²) in [6.07, 6.45) is 4.69. The molecule has 5 N–H and O–H groups in total. The van der Waals surface area contributed by atoms with Crippen LogP contribution in [0, 0.1) is 0 Å². The van der Waals surface area contributed by atoms with Crippen LogP contribution in [0.3, 0.4) is 0 Å². The van der Waals surface area contributed by atoms with E-state index in [9.17, 15) is 29.2 Å². The molecule has 1 amide bonds. The van der Waals surface area contributed by atoms with Crippen LogP contribution in [0.25, 0.3) is 10.8 Å². The Morgan fingerprint density at radius 1 is 1.06 bits per heavy atom. The van der Waals surface area contributed by atoms with Gasteiger partial charge >= 0.3 is 19.5 Å². The van der Waals surface area contributed by atoms with Gasteiger partial charge in [0.2, 0.25) is 5.91 Å². The number of carbonyl (C=O) groups excluding carboxylic acids is 1. The maximum absolute atomic E-state index is 12.1. The predicted octanol–water partition coefficient (Wildman–Crippen LogP) is 3.86. The highest BCUT2D eigenvalue weighted by Crippen LogP contribution is 2.37. The van der Waals surface area contributed by atoms with Gasteiger partial charge in [0.1, 0.15) is 12.1 Å². The van der Waals surface area contributed by atoms with Gasteiger partial charge in [0.05, 0.1) is 5.03 Å². The van der Waals surface area contributed by atoms with Gasteiger partial charge in [-0.15, -0.1) is 11.8 Å². The number of hydrogen-bond acceptors (Lipinski definition) is 5. The first-order valence-corrected chi connectivity index (χ1v) is 14.3. The molecule has 2 atom stereocenters. The van der Waals surface area contributed by atoms with Crippen LogP contribution in [0.2, 0.25) is 0 Å². The number of aliphatic carboxylic acids is 2. The van der Waals surface area contributed by atoms with E-state index < -0.39 is 31.6 Å². The number of carboxylic acid groups (broad SMARTS) is 2. The monoisotopic (exact) mass is 528 g/mol. The van der Waals surface area contributed by atoms with Crippen molar-refractivity contribution in [1.29, 1.82) is 0 Å². The lowest BCUT2D eigenvalue weighted by Gasteiger charge is -2.19. The Bertz CT molecular complexity index is 1070. The van der Waals surface area contributed by atoms with Crippen molar-refractivity contribution in [3.8, 4) is 0 Å². The zero-order chi connectivity index (χ0) is 26.0. The Kier molecular flexibility index (Phi) is 11.3. The van der Waals surface area contributed by atoms with Crippen LogP contribution in [0.1, 0.15) is 57.9 Å². The van der Waals surface area contributed by atoms with Gasteiger partial charge in [-0.3, -0.25) is 9.36 Å². The summed E-state index contributed by atoms with van der Waals surface area (Å²) in [4.78, 5) is 53.9. The molecule has 1 heterocycles. The quantitative estimate of drug-likeness (QED) is 0.123. The molecular weight excluding hydrogens is 495 g/mol. The third-order valence-electron chi connectivity index (χ3n) is 5.53. The second kappa shape index (κ2) is 13.7. The number of unbranched alkanes of at least 4 members (excludes halogenated alkanes) is 3. The van der Waals surface area contributed by atoms with Gasteiger partial charge in [-0.2, -0.15) is 0 Å². The van der Waals surface area contributed by atoms with Crippen molar-refractivity contribution in [1.82, 2.24) is 9.88 Å². The highest BCUT2D eigenvalue weighted by molar-refractivity contribution is 7.99. The number of aromatic nitrogens is 1. The van der Waals surface area contributed by atoms with Gasteiger partial charge in [-0.25, -0.2) is 9.59 Å². The van der Waals surface area contributed by atoms with Crippen molar-refractivity contribution in [2.75, 3.05) is 11.9 Å². The third-order valence-corrected chi connectivity index (χ3v) is 7.63. The van der Waals surface area contributed by atoms with E-state index in [0.717, 1.165) is 17.2 Å². The van der Waals surface area contributed by atoms with Crippen molar-refractivity contribution >= 4 is 48.0 Å². The van der Waals surface area contributed by atoms with Crippen LogP contribution >= 0.6 is 19.4 Å². The summed E-state index contributed by atoms with van der Waals surface area (Å²) in [6.45, 7) is 1.94. The average Bonchev–Trinajstić information content (AvgIpc) is 3.14. The fourth-order valence-electron chi connectivity index (χ4n) is 3.69. The fourth-order valence-corrected chi connectivity index (χ4v) is 5.55. The van der Waals surface area contributed by atoms with Crippen molar-refractivity contribution in [3.63, 3.8) is 0 Å². The largest absolute Gasteiger partial charge is 0.480 e. The zero-order valence-electron chi connectivity index (χ0n) is 19.6. The Balaban J connectivity index is 2.21. The molecule has 12 heteroatoms.